The summed E-state index contributed by atoms with van der Waals surface area (Å²) in [6.45, 7) is 1.39. The number of carboxylic acids is 1. The van der Waals surface area contributed by atoms with Crippen molar-refractivity contribution in [3.05, 3.63) is 0 Å². The van der Waals surface area contributed by atoms with Crippen molar-refractivity contribution in [2.75, 3.05) is 18.8 Å². The fourth-order valence-corrected chi connectivity index (χ4v) is 3.99. The highest BCUT2D eigenvalue weighted by Crippen LogP contribution is 2.25. The number of carbonyl (C=O) groups is 2. The van der Waals surface area contributed by atoms with Crippen LogP contribution in [0.5, 0.6) is 0 Å². The number of urea groups is 1. The summed E-state index contributed by atoms with van der Waals surface area (Å²) in [5.41, 5.74) is 0. The molecule has 0 aromatic carbocycles. The molecule has 2 rings (SSSR count). The van der Waals surface area contributed by atoms with Crippen molar-refractivity contribution in [2.45, 2.75) is 49.8 Å². The Balaban J connectivity index is 1.82. The maximum absolute atomic E-state index is 12.2. The van der Waals surface area contributed by atoms with Crippen molar-refractivity contribution < 1.29 is 14.7 Å². The topological polar surface area (TPSA) is 69.6 Å². The molecule has 2 aliphatic rings. The van der Waals surface area contributed by atoms with Gasteiger partial charge in [0.2, 0.25) is 0 Å². The van der Waals surface area contributed by atoms with Crippen LogP contribution in [0.2, 0.25) is 0 Å². The molecule has 2 atom stereocenters. The number of amides is 2. The second kappa shape index (κ2) is 7.03. The van der Waals surface area contributed by atoms with Gasteiger partial charge in [0.25, 0.3) is 0 Å². The van der Waals surface area contributed by atoms with E-state index in [0.717, 1.165) is 19.3 Å². The number of hydrogen-bond donors (Lipinski definition) is 2. The van der Waals surface area contributed by atoms with Crippen LogP contribution < -0.4 is 5.32 Å². The van der Waals surface area contributed by atoms with E-state index in [4.69, 9.17) is 5.11 Å². The highest BCUT2D eigenvalue weighted by molar-refractivity contribution is 8.00. The fourth-order valence-electron chi connectivity index (χ4n) is 2.79. The van der Waals surface area contributed by atoms with Crippen LogP contribution >= 0.6 is 11.8 Å². The fraction of sp³-hybridized carbons (Fsp3) is 0.846. The summed E-state index contributed by atoms with van der Waals surface area (Å²) >= 11 is 1.92. The van der Waals surface area contributed by atoms with Gasteiger partial charge in [-0.25, -0.2) is 4.79 Å². The summed E-state index contributed by atoms with van der Waals surface area (Å²) in [6.07, 6.45) is 5.26. The van der Waals surface area contributed by atoms with Crippen molar-refractivity contribution in [3.8, 4) is 0 Å². The van der Waals surface area contributed by atoms with Gasteiger partial charge in [0, 0.05) is 24.4 Å². The van der Waals surface area contributed by atoms with Crippen LogP contribution in [0.3, 0.4) is 0 Å². The Bertz CT molecular complexity index is 332. The zero-order chi connectivity index (χ0) is 13.7. The molecule has 0 saturated carbocycles. The molecule has 2 N–H and O–H groups in total. The molecule has 5 nitrogen and oxygen atoms in total. The summed E-state index contributed by atoms with van der Waals surface area (Å²) in [4.78, 5) is 24.7. The molecule has 108 valence electrons. The summed E-state index contributed by atoms with van der Waals surface area (Å²) in [5.74, 6) is 0.363. The summed E-state index contributed by atoms with van der Waals surface area (Å²) in [7, 11) is 0. The number of likely N-dealkylation sites (tertiary alicyclic amines) is 1. The van der Waals surface area contributed by atoms with E-state index in [9.17, 15) is 9.59 Å². The van der Waals surface area contributed by atoms with Gasteiger partial charge in [0.05, 0.1) is 6.42 Å². The summed E-state index contributed by atoms with van der Waals surface area (Å²) in [5, 5.41) is 12.4. The average molecular weight is 286 g/mol. The maximum atomic E-state index is 12.2. The van der Waals surface area contributed by atoms with E-state index in [1.54, 1.807) is 4.90 Å². The molecule has 0 radical (unpaired) electrons. The number of thioether (sulfide) groups is 1. The van der Waals surface area contributed by atoms with Gasteiger partial charge >= 0.3 is 12.0 Å². The van der Waals surface area contributed by atoms with E-state index in [1.807, 2.05) is 11.8 Å². The predicted octanol–water partition coefficient (Wildman–Crippen LogP) is 1.92. The lowest BCUT2D eigenvalue weighted by Crippen LogP contribution is -2.50. The quantitative estimate of drug-likeness (QED) is 0.828. The molecular formula is C13H22N2O3S. The molecule has 2 saturated heterocycles. The molecule has 2 unspecified atom stereocenters. The molecule has 0 aromatic rings. The number of nitrogens with one attached hydrogen (secondary N) is 1. The number of nitrogens with zero attached hydrogens (tertiary/aromatic N) is 1. The lowest BCUT2D eigenvalue weighted by Gasteiger charge is -2.35. The lowest BCUT2D eigenvalue weighted by atomic mass is 10.00. The van der Waals surface area contributed by atoms with Gasteiger partial charge in [-0.15, -0.1) is 0 Å². The average Bonchev–Trinajstić information content (AvgIpc) is 2.89. The van der Waals surface area contributed by atoms with Crippen molar-refractivity contribution in [2.24, 2.45) is 0 Å². The van der Waals surface area contributed by atoms with Crippen LogP contribution in [0.1, 0.15) is 38.5 Å². The number of carboxylic acid groups (broad SMARTS) is 1. The first-order valence-corrected chi connectivity index (χ1v) is 8.09. The van der Waals surface area contributed by atoms with E-state index in [0.29, 0.717) is 18.3 Å². The van der Waals surface area contributed by atoms with Gasteiger partial charge in [0.15, 0.2) is 0 Å². The normalized spacial score (nSPS) is 27.3. The van der Waals surface area contributed by atoms with Crippen LogP contribution in [0.25, 0.3) is 0 Å². The Labute approximate surface area is 118 Å². The van der Waals surface area contributed by atoms with E-state index < -0.39 is 5.97 Å². The standard InChI is InChI=1S/C13H22N2O3S/c16-12(17)8-10-4-1-2-6-15(10)13(18)14-9-11-5-3-7-19-11/h10-11H,1-9H2,(H,14,18)(H,16,17). The first-order chi connectivity index (χ1) is 9.16. The van der Waals surface area contributed by atoms with E-state index in [2.05, 4.69) is 5.32 Å². The summed E-state index contributed by atoms with van der Waals surface area (Å²) in [6, 6.07) is -0.221. The molecule has 0 spiro atoms. The van der Waals surface area contributed by atoms with Crippen LogP contribution in [-0.4, -0.2) is 52.1 Å². The Morgan fingerprint density at radius 2 is 2.11 bits per heavy atom. The minimum Gasteiger partial charge on any atom is -0.481 e. The van der Waals surface area contributed by atoms with Crippen LogP contribution in [-0.2, 0) is 4.79 Å². The molecule has 0 aliphatic carbocycles. The third kappa shape index (κ3) is 4.30. The zero-order valence-corrected chi connectivity index (χ0v) is 12.0. The van der Waals surface area contributed by atoms with Crippen molar-refractivity contribution >= 4 is 23.8 Å². The minimum absolute atomic E-state index is 0.0611. The van der Waals surface area contributed by atoms with Crippen molar-refractivity contribution in [1.82, 2.24) is 10.2 Å². The van der Waals surface area contributed by atoms with Gasteiger partial charge in [-0.05, 0) is 37.9 Å². The first kappa shape index (κ1) is 14.5. The Hall–Kier alpha value is -0.910. The lowest BCUT2D eigenvalue weighted by molar-refractivity contribution is -0.138. The third-order valence-corrected chi connectivity index (χ3v) is 5.20. The Kier molecular flexibility index (Phi) is 5.36. The largest absolute Gasteiger partial charge is 0.481 e. The molecule has 2 heterocycles. The van der Waals surface area contributed by atoms with E-state index in [-0.39, 0.29) is 18.5 Å². The molecule has 0 aromatic heterocycles. The molecule has 6 heteroatoms. The molecule has 0 bridgehead atoms. The third-order valence-electron chi connectivity index (χ3n) is 3.80. The maximum Gasteiger partial charge on any atom is 0.317 e. The van der Waals surface area contributed by atoms with Crippen molar-refractivity contribution in [3.63, 3.8) is 0 Å². The monoisotopic (exact) mass is 286 g/mol. The number of piperidine rings is 1. The number of hydrogen-bond acceptors (Lipinski definition) is 3. The van der Waals surface area contributed by atoms with Gasteiger partial charge in [-0.1, -0.05) is 0 Å². The zero-order valence-electron chi connectivity index (χ0n) is 11.1. The van der Waals surface area contributed by atoms with Gasteiger partial charge in [-0.3, -0.25) is 4.79 Å². The van der Waals surface area contributed by atoms with Crippen LogP contribution in [0.15, 0.2) is 0 Å². The highest BCUT2D eigenvalue weighted by atomic mass is 32.2. The smallest absolute Gasteiger partial charge is 0.317 e. The number of rotatable bonds is 4. The first-order valence-electron chi connectivity index (χ1n) is 7.04. The number of carbonyl (C=O) groups excluding carboxylic acids is 1. The van der Waals surface area contributed by atoms with Gasteiger partial charge in [0.1, 0.15) is 0 Å². The Morgan fingerprint density at radius 3 is 2.79 bits per heavy atom. The number of aliphatic carboxylic acids is 1. The van der Waals surface area contributed by atoms with Crippen molar-refractivity contribution in [1.29, 1.82) is 0 Å². The molecule has 19 heavy (non-hydrogen) atoms. The van der Waals surface area contributed by atoms with Crippen LogP contribution in [0, 0.1) is 0 Å². The SMILES string of the molecule is O=C(O)CC1CCCCN1C(=O)NCC1CCCS1. The van der Waals surface area contributed by atoms with E-state index >= 15 is 0 Å². The second-order valence-electron chi connectivity index (χ2n) is 5.26. The van der Waals surface area contributed by atoms with Crippen LogP contribution in [0.4, 0.5) is 4.79 Å². The molecular weight excluding hydrogens is 264 g/mol. The molecule has 2 aliphatic heterocycles. The highest BCUT2D eigenvalue weighted by Gasteiger charge is 2.28. The van der Waals surface area contributed by atoms with Gasteiger partial charge in [-0.2, -0.15) is 11.8 Å². The summed E-state index contributed by atoms with van der Waals surface area (Å²) < 4.78 is 0. The van der Waals surface area contributed by atoms with E-state index in [1.165, 1.54) is 18.6 Å². The minimum atomic E-state index is -0.823. The van der Waals surface area contributed by atoms with Gasteiger partial charge < -0.3 is 15.3 Å². The molecule has 2 amide bonds. The molecule has 2 fully saturated rings. The predicted molar refractivity (Wildman–Crippen MR) is 75.5 cm³/mol. The Morgan fingerprint density at radius 1 is 1.26 bits per heavy atom. The second-order valence-corrected chi connectivity index (χ2v) is 6.67.